The molecule has 0 saturated heterocycles. The lowest BCUT2D eigenvalue weighted by molar-refractivity contribution is -0.106. The lowest BCUT2D eigenvalue weighted by Gasteiger charge is -2.10. The Bertz CT molecular complexity index is 1070. The van der Waals surface area contributed by atoms with Gasteiger partial charge in [0.25, 0.3) is 0 Å². The van der Waals surface area contributed by atoms with E-state index in [9.17, 15) is 8.78 Å². The zero-order chi connectivity index (χ0) is 21.8. The van der Waals surface area contributed by atoms with Crippen molar-refractivity contribution in [3.8, 4) is 22.9 Å². The number of nitrogens with two attached hydrogens (primary N) is 1. The number of ether oxygens (including phenoxy) is 2. The molecule has 1 aliphatic heterocycles. The predicted octanol–water partition coefficient (Wildman–Crippen LogP) is 4.01. The topological polar surface area (TPSA) is 91.4 Å². The largest absolute Gasteiger partial charge is 0.491 e. The van der Waals surface area contributed by atoms with Crippen LogP contribution >= 0.6 is 0 Å². The summed E-state index contributed by atoms with van der Waals surface area (Å²) in [6, 6.07) is 10.8. The molecule has 1 aliphatic carbocycles. The molecule has 3 aromatic rings. The molecule has 0 unspecified atom stereocenters. The Labute approximate surface area is 178 Å². The van der Waals surface area contributed by atoms with Gasteiger partial charge in [0, 0.05) is 30.4 Å². The lowest BCUT2D eigenvalue weighted by Crippen LogP contribution is -2.03. The molecule has 1 amide bonds. The Morgan fingerprint density at radius 2 is 2.13 bits per heavy atom. The molecule has 2 aromatic carbocycles. The van der Waals surface area contributed by atoms with Gasteiger partial charge in [0.05, 0.1) is 12.1 Å². The maximum atomic E-state index is 12.6. The number of nitrogens with zero attached hydrogens (tertiary/aromatic N) is 2. The molecule has 3 N–H and O–H groups in total. The van der Waals surface area contributed by atoms with Gasteiger partial charge in [-0.25, -0.2) is 4.98 Å². The first-order valence-electron chi connectivity index (χ1n) is 10.2. The van der Waals surface area contributed by atoms with Gasteiger partial charge in [0.15, 0.2) is 0 Å². The molecular formula is C22H24F2N4O3. The number of nitrogens with one attached hydrogen (secondary N) is 1. The number of hydrogen-bond acceptors (Lipinski definition) is 5. The fraction of sp³-hybridized carbons (Fsp3) is 0.364. The van der Waals surface area contributed by atoms with Gasteiger partial charge >= 0.3 is 6.61 Å². The first-order valence-corrected chi connectivity index (χ1v) is 10.2. The normalized spacial score (nSPS) is 14.9. The predicted molar refractivity (Wildman–Crippen MR) is 113 cm³/mol. The first kappa shape index (κ1) is 20.9. The summed E-state index contributed by atoms with van der Waals surface area (Å²) < 4.78 is 37.8. The van der Waals surface area contributed by atoms with E-state index in [0.29, 0.717) is 6.61 Å². The minimum Gasteiger partial charge on any atom is -0.491 e. The number of imidazole rings is 1. The van der Waals surface area contributed by atoms with E-state index in [4.69, 9.17) is 14.5 Å². The van der Waals surface area contributed by atoms with E-state index in [0.717, 1.165) is 59.3 Å². The van der Waals surface area contributed by atoms with Crippen molar-refractivity contribution in [3.05, 3.63) is 36.4 Å². The number of anilines is 1. The van der Waals surface area contributed by atoms with Crippen LogP contribution in [0.4, 0.5) is 14.5 Å². The molecule has 31 heavy (non-hydrogen) atoms. The van der Waals surface area contributed by atoms with Crippen LogP contribution in [0.2, 0.25) is 0 Å². The number of aryl methyl sites for hydroxylation is 1. The molecule has 0 atom stereocenters. The summed E-state index contributed by atoms with van der Waals surface area (Å²) in [7, 11) is 0. The number of amides is 1. The monoisotopic (exact) mass is 430 g/mol. The second-order valence-corrected chi connectivity index (χ2v) is 7.50. The molecule has 9 heteroatoms. The summed E-state index contributed by atoms with van der Waals surface area (Å²) in [5.41, 5.74) is 7.70. The molecule has 5 rings (SSSR count). The van der Waals surface area contributed by atoms with E-state index in [2.05, 4.69) is 20.4 Å². The molecule has 1 aromatic heterocycles. The Hall–Kier alpha value is -3.36. The summed E-state index contributed by atoms with van der Waals surface area (Å²) in [6.45, 7) is -0.494. The molecule has 1 fully saturated rings. The van der Waals surface area contributed by atoms with E-state index in [1.165, 1.54) is 18.9 Å². The smallest absolute Gasteiger partial charge is 0.387 e. The van der Waals surface area contributed by atoms with Gasteiger partial charge in [-0.1, -0.05) is 12.1 Å². The minimum absolute atomic E-state index is 0.129. The maximum Gasteiger partial charge on any atom is 0.387 e. The fourth-order valence-corrected chi connectivity index (χ4v) is 3.68. The summed E-state index contributed by atoms with van der Waals surface area (Å²) >= 11 is 0. The third kappa shape index (κ3) is 4.87. The van der Waals surface area contributed by atoms with Crippen LogP contribution in [0.3, 0.4) is 0 Å². The molecule has 0 radical (unpaired) electrons. The highest BCUT2D eigenvalue weighted by Gasteiger charge is 2.23. The van der Waals surface area contributed by atoms with Crippen molar-refractivity contribution >= 4 is 23.1 Å². The van der Waals surface area contributed by atoms with Crippen molar-refractivity contribution in [2.75, 3.05) is 18.5 Å². The van der Waals surface area contributed by atoms with Crippen molar-refractivity contribution in [2.24, 2.45) is 11.7 Å². The summed E-state index contributed by atoms with van der Waals surface area (Å²) in [4.78, 5) is 13.4. The Morgan fingerprint density at radius 3 is 2.87 bits per heavy atom. The molecule has 7 nitrogen and oxygen atoms in total. The third-order valence-electron chi connectivity index (χ3n) is 5.20. The fourth-order valence-electron chi connectivity index (χ4n) is 3.68. The van der Waals surface area contributed by atoms with Crippen LogP contribution in [0.5, 0.6) is 11.5 Å². The number of halogens is 2. The van der Waals surface area contributed by atoms with Crippen molar-refractivity contribution in [1.29, 1.82) is 0 Å². The van der Waals surface area contributed by atoms with Gasteiger partial charge in [-0.05, 0) is 43.4 Å². The van der Waals surface area contributed by atoms with Crippen LogP contribution in [0.1, 0.15) is 19.3 Å². The van der Waals surface area contributed by atoms with Gasteiger partial charge in [-0.15, -0.1) is 0 Å². The standard InChI is InChI=1S/C21H21F2N3O2.CH3NO/c22-21(23)28-16-4-1-3-14(9-16)20-25-17-10-15(24-12-13-5-6-13)11-18-19(17)26(20)7-2-8-27-18;2-1-3/h1,3-4,9-11,13,21,24H,2,5-8,12H2;1H,(H2,2,3). The molecule has 2 aliphatic rings. The van der Waals surface area contributed by atoms with Crippen LogP contribution in [0, 0.1) is 5.92 Å². The summed E-state index contributed by atoms with van der Waals surface area (Å²) in [5.74, 6) is 2.44. The van der Waals surface area contributed by atoms with Gasteiger partial charge < -0.3 is 25.1 Å². The minimum atomic E-state index is -2.85. The third-order valence-corrected chi connectivity index (χ3v) is 5.20. The first-order chi connectivity index (χ1) is 15.1. The van der Waals surface area contributed by atoms with E-state index in [1.807, 2.05) is 18.2 Å². The van der Waals surface area contributed by atoms with Gasteiger partial charge in [-0.3, -0.25) is 4.79 Å². The van der Waals surface area contributed by atoms with Gasteiger partial charge in [0.2, 0.25) is 6.41 Å². The van der Waals surface area contributed by atoms with Crippen molar-refractivity contribution in [3.63, 3.8) is 0 Å². The second-order valence-electron chi connectivity index (χ2n) is 7.50. The maximum absolute atomic E-state index is 12.6. The van der Waals surface area contributed by atoms with E-state index < -0.39 is 6.61 Å². The molecular weight excluding hydrogens is 406 g/mol. The average Bonchev–Trinajstić information content (AvgIpc) is 3.52. The highest BCUT2D eigenvalue weighted by Crippen LogP contribution is 2.37. The Kier molecular flexibility index (Phi) is 6.20. The lowest BCUT2D eigenvalue weighted by atomic mass is 10.2. The van der Waals surface area contributed by atoms with E-state index in [-0.39, 0.29) is 12.2 Å². The zero-order valence-electron chi connectivity index (χ0n) is 16.9. The molecule has 164 valence electrons. The molecule has 2 heterocycles. The molecule has 0 bridgehead atoms. The van der Waals surface area contributed by atoms with Gasteiger partial charge in [0.1, 0.15) is 22.8 Å². The van der Waals surface area contributed by atoms with Crippen LogP contribution in [-0.4, -0.2) is 35.7 Å². The van der Waals surface area contributed by atoms with E-state index in [1.54, 1.807) is 12.1 Å². The van der Waals surface area contributed by atoms with Crippen LogP contribution in [0.15, 0.2) is 36.4 Å². The van der Waals surface area contributed by atoms with Crippen LogP contribution in [0.25, 0.3) is 22.4 Å². The quantitative estimate of drug-likeness (QED) is 0.577. The van der Waals surface area contributed by atoms with Crippen molar-refractivity contribution in [2.45, 2.75) is 32.4 Å². The number of primary amides is 1. The summed E-state index contributed by atoms with van der Waals surface area (Å²) in [6.07, 6.45) is 3.67. The van der Waals surface area contributed by atoms with Crippen molar-refractivity contribution < 1.29 is 23.0 Å². The number of carbonyl (C=O) groups excluding carboxylic acids is 1. The van der Waals surface area contributed by atoms with E-state index >= 15 is 0 Å². The van der Waals surface area contributed by atoms with Crippen molar-refractivity contribution in [1.82, 2.24) is 9.55 Å². The number of rotatable bonds is 6. The highest BCUT2D eigenvalue weighted by molar-refractivity contribution is 5.89. The Morgan fingerprint density at radius 1 is 1.32 bits per heavy atom. The number of carbonyl (C=O) groups is 1. The van der Waals surface area contributed by atoms with Crippen LogP contribution in [-0.2, 0) is 11.3 Å². The number of aromatic nitrogens is 2. The number of alkyl halides is 2. The SMILES string of the molecule is FC(F)Oc1cccc(-c2nc3cc(NCC4CC4)cc4c3n2CCCO4)c1.NC=O. The Balaban J connectivity index is 0.000000730. The number of benzene rings is 2. The second kappa shape index (κ2) is 9.20. The highest BCUT2D eigenvalue weighted by atomic mass is 19.3. The molecule has 1 saturated carbocycles. The van der Waals surface area contributed by atoms with Gasteiger partial charge in [-0.2, -0.15) is 8.78 Å². The average molecular weight is 430 g/mol. The molecule has 0 spiro atoms. The number of hydrogen-bond donors (Lipinski definition) is 2. The van der Waals surface area contributed by atoms with Crippen LogP contribution < -0.4 is 20.5 Å². The zero-order valence-corrected chi connectivity index (χ0v) is 16.9. The summed E-state index contributed by atoms with van der Waals surface area (Å²) in [5, 5.41) is 3.48.